The highest BCUT2D eigenvalue weighted by atomic mass is 16.4. The molecule has 1 heterocycles. The summed E-state index contributed by atoms with van der Waals surface area (Å²) in [5, 5.41) is 9.32. The van der Waals surface area contributed by atoms with Gasteiger partial charge in [-0.15, -0.1) is 0 Å². The van der Waals surface area contributed by atoms with Crippen molar-refractivity contribution in [2.45, 2.75) is 64.2 Å². The second kappa shape index (κ2) is 4.79. The van der Waals surface area contributed by atoms with Gasteiger partial charge in [-0.1, -0.05) is 40.0 Å². The van der Waals surface area contributed by atoms with E-state index in [-0.39, 0.29) is 5.41 Å². The minimum absolute atomic E-state index is 0.152. The van der Waals surface area contributed by atoms with Gasteiger partial charge in [-0.3, -0.25) is 0 Å². The Morgan fingerprint density at radius 3 is 2.33 bits per heavy atom. The molecule has 0 atom stereocenters. The first-order chi connectivity index (χ1) is 8.39. The molecule has 0 amide bonds. The van der Waals surface area contributed by atoms with Gasteiger partial charge in [-0.2, -0.15) is 0 Å². The number of nitrogens with one attached hydrogen (secondary N) is 1. The molecule has 3 nitrogen and oxygen atoms in total. The van der Waals surface area contributed by atoms with Crippen molar-refractivity contribution in [2.75, 3.05) is 0 Å². The number of rotatable bonds is 2. The lowest BCUT2D eigenvalue weighted by Crippen LogP contribution is -2.16. The first kappa shape index (κ1) is 13.2. The number of H-pyrrole nitrogens is 1. The van der Waals surface area contributed by atoms with E-state index in [1.54, 1.807) is 0 Å². The standard InChI is InChI=1S/C15H23NO2/c1-15(2,3)13-11(14(17)18)9-12(16-13)10-7-5-4-6-8-10/h9-10,16H,4-8H2,1-3H3,(H,17,18). The average molecular weight is 249 g/mol. The van der Waals surface area contributed by atoms with Gasteiger partial charge < -0.3 is 10.1 Å². The van der Waals surface area contributed by atoms with Crippen molar-refractivity contribution in [3.05, 3.63) is 23.0 Å². The second-order valence-corrected chi connectivity index (χ2v) is 6.40. The van der Waals surface area contributed by atoms with Crippen LogP contribution in [0.4, 0.5) is 0 Å². The van der Waals surface area contributed by atoms with Crippen molar-refractivity contribution in [3.8, 4) is 0 Å². The smallest absolute Gasteiger partial charge is 0.337 e. The molecule has 3 heteroatoms. The monoisotopic (exact) mass is 249 g/mol. The fourth-order valence-corrected chi connectivity index (χ4v) is 2.87. The third-order valence-electron chi connectivity index (χ3n) is 3.86. The van der Waals surface area contributed by atoms with Crippen molar-refractivity contribution in [1.29, 1.82) is 0 Å². The zero-order valence-electron chi connectivity index (χ0n) is 11.5. The van der Waals surface area contributed by atoms with E-state index in [2.05, 4.69) is 25.8 Å². The molecule has 1 aliphatic carbocycles. The number of carboxylic acid groups (broad SMARTS) is 1. The van der Waals surface area contributed by atoms with Gasteiger partial charge in [0.1, 0.15) is 0 Å². The van der Waals surface area contributed by atoms with Gasteiger partial charge in [-0.05, 0) is 24.8 Å². The summed E-state index contributed by atoms with van der Waals surface area (Å²) < 4.78 is 0. The van der Waals surface area contributed by atoms with E-state index in [0.29, 0.717) is 11.5 Å². The molecule has 100 valence electrons. The maximum Gasteiger partial charge on any atom is 0.337 e. The van der Waals surface area contributed by atoms with Gasteiger partial charge >= 0.3 is 5.97 Å². The Hall–Kier alpha value is -1.25. The second-order valence-electron chi connectivity index (χ2n) is 6.40. The van der Waals surface area contributed by atoms with Gasteiger partial charge in [-0.25, -0.2) is 4.79 Å². The Morgan fingerprint density at radius 2 is 1.89 bits per heavy atom. The number of aromatic nitrogens is 1. The zero-order valence-corrected chi connectivity index (χ0v) is 11.5. The van der Waals surface area contributed by atoms with Crippen LogP contribution in [0.1, 0.15) is 80.5 Å². The Labute approximate surface area is 109 Å². The molecule has 0 saturated heterocycles. The summed E-state index contributed by atoms with van der Waals surface area (Å²) in [7, 11) is 0. The summed E-state index contributed by atoms with van der Waals surface area (Å²) in [5.41, 5.74) is 2.27. The molecule has 2 N–H and O–H groups in total. The number of aromatic amines is 1. The maximum absolute atomic E-state index is 11.3. The van der Waals surface area contributed by atoms with Crippen LogP contribution in [0.25, 0.3) is 0 Å². The van der Waals surface area contributed by atoms with Crippen LogP contribution in [0.3, 0.4) is 0 Å². The Kier molecular flexibility index (Phi) is 3.51. The van der Waals surface area contributed by atoms with E-state index in [1.807, 2.05) is 6.07 Å². The maximum atomic E-state index is 11.3. The fourth-order valence-electron chi connectivity index (χ4n) is 2.87. The summed E-state index contributed by atoms with van der Waals surface area (Å²) >= 11 is 0. The van der Waals surface area contributed by atoms with Crippen molar-refractivity contribution >= 4 is 5.97 Å². The minimum atomic E-state index is -0.821. The van der Waals surface area contributed by atoms with Crippen molar-refractivity contribution in [1.82, 2.24) is 4.98 Å². The molecular formula is C15H23NO2. The summed E-state index contributed by atoms with van der Waals surface area (Å²) in [5.74, 6) is -0.300. The Balaban J connectivity index is 2.35. The first-order valence-corrected chi connectivity index (χ1v) is 6.86. The van der Waals surface area contributed by atoms with Crippen LogP contribution in [0.15, 0.2) is 6.07 Å². The molecule has 0 unspecified atom stereocenters. The molecule has 1 aliphatic rings. The lowest BCUT2D eigenvalue weighted by Gasteiger charge is -2.21. The third-order valence-corrected chi connectivity index (χ3v) is 3.86. The highest BCUT2D eigenvalue weighted by Crippen LogP contribution is 2.35. The van der Waals surface area contributed by atoms with Crippen LogP contribution in [0.5, 0.6) is 0 Å². The minimum Gasteiger partial charge on any atom is -0.478 e. The van der Waals surface area contributed by atoms with Crippen LogP contribution in [-0.2, 0) is 5.41 Å². The predicted molar refractivity (Wildman–Crippen MR) is 72.3 cm³/mol. The molecule has 0 radical (unpaired) electrons. The number of hydrogen-bond acceptors (Lipinski definition) is 1. The molecule has 1 fully saturated rings. The molecule has 0 spiro atoms. The van der Waals surface area contributed by atoms with Crippen LogP contribution >= 0.6 is 0 Å². The Morgan fingerprint density at radius 1 is 1.28 bits per heavy atom. The highest BCUT2D eigenvalue weighted by Gasteiger charge is 2.27. The third kappa shape index (κ3) is 2.60. The zero-order chi connectivity index (χ0) is 13.3. The number of aromatic carboxylic acids is 1. The molecule has 0 aromatic carbocycles. The van der Waals surface area contributed by atoms with E-state index < -0.39 is 5.97 Å². The lowest BCUT2D eigenvalue weighted by molar-refractivity contribution is 0.0694. The van der Waals surface area contributed by atoms with E-state index in [4.69, 9.17) is 0 Å². The largest absolute Gasteiger partial charge is 0.478 e. The van der Waals surface area contributed by atoms with Crippen molar-refractivity contribution in [2.24, 2.45) is 0 Å². The molecule has 2 rings (SSSR count). The summed E-state index contributed by atoms with van der Waals surface area (Å²) in [6, 6.07) is 1.86. The number of carbonyl (C=O) groups is 1. The van der Waals surface area contributed by atoms with Crippen LogP contribution in [-0.4, -0.2) is 16.1 Å². The molecule has 0 bridgehead atoms. The van der Waals surface area contributed by atoms with Crippen molar-refractivity contribution in [3.63, 3.8) is 0 Å². The van der Waals surface area contributed by atoms with E-state index in [9.17, 15) is 9.90 Å². The predicted octanol–water partition coefficient (Wildman–Crippen LogP) is 4.06. The van der Waals surface area contributed by atoms with Crippen LogP contribution in [0, 0.1) is 0 Å². The van der Waals surface area contributed by atoms with Gasteiger partial charge in [0.2, 0.25) is 0 Å². The number of hydrogen-bond donors (Lipinski definition) is 2. The fraction of sp³-hybridized carbons (Fsp3) is 0.667. The van der Waals surface area contributed by atoms with Gasteiger partial charge in [0, 0.05) is 16.8 Å². The summed E-state index contributed by atoms with van der Waals surface area (Å²) in [4.78, 5) is 14.7. The molecular weight excluding hydrogens is 226 g/mol. The Bertz CT molecular complexity index is 434. The molecule has 0 aliphatic heterocycles. The van der Waals surface area contributed by atoms with Gasteiger partial charge in [0.25, 0.3) is 0 Å². The van der Waals surface area contributed by atoms with Crippen LogP contribution < -0.4 is 0 Å². The molecule has 18 heavy (non-hydrogen) atoms. The average Bonchev–Trinajstić information content (AvgIpc) is 2.74. The molecule has 1 aromatic heterocycles. The topological polar surface area (TPSA) is 53.1 Å². The summed E-state index contributed by atoms with van der Waals surface area (Å²) in [6.07, 6.45) is 6.20. The summed E-state index contributed by atoms with van der Waals surface area (Å²) in [6.45, 7) is 6.15. The lowest BCUT2D eigenvalue weighted by atomic mass is 9.87. The van der Waals surface area contributed by atoms with E-state index >= 15 is 0 Å². The van der Waals surface area contributed by atoms with E-state index in [0.717, 1.165) is 11.4 Å². The normalized spacial score (nSPS) is 17.9. The first-order valence-electron chi connectivity index (χ1n) is 6.86. The quantitative estimate of drug-likeness (QED) is 0.830. The van der Waals surface area contributed by atoms with E-state index in [1.165, 1.54) is 32.1 Å². The van der Waals surface area contributed by atoms with Gasteiger partial charge in [0.15, 0.2) is 0 Å². The molecule has 1 saturated carbocycles. The molecule has 1 aromatic rings. The van der Waals surface area contributed by atoms with Crippen molar-refractivity contribution < 1.29 is 9.90 Å². The van der Waals surface area contributed by atoms with Gasteiger partial charge in [0.05, 0.1) is 5.56 Å². The SMILES string of the molecule is CC(C)(C)c1[nH]c(C2CCCCC2)cc1C(=O)O. The van der Waals surface area contributed by atoms with Crippen LogP contribution in [0.2, 0.25) is 0 Å². The highest BCUT2D eigenvalue weighted by molar-refractivity contribution is 5.89. The number of carboxylic acids is 1.